The molecule has 142 valence electrons. The highest BCUT2D eigenvalue weighted by atomic mass is 16.2. The van der Waals surface area contributed by atoms with Crippen molar-refractivity contribution in [3.63, 3.8) is 0 Å². The quantitative estimate of drug-likeness (QED) is 0.853. The molecule has 0 radical (unpaired) electrons. The Morgan fingerprint density at radius 1 is 1.37 bits per heavy atom. The number of anilines is 1. The monoisotopic (exact) mass is 366 g/mol. The number of fused-ring (bicyclic) bond motifs is 1. The first kappa shape index (κ1) is 17.9. The number of nitrogens with one attached hydrogen (secondary N) is 2. The summed E-state index contributed by atoms with van der Waals surface area (Å²) in [6, 6.07) is 5.69. The molecule has 0 bridgehead atoms. The summed E-state index contributed by atoms with van der Waals surface area (Å²) in [7, 11) is 1.91. The normalized spacial score (nSPS) is 19.4. The number of piperidine rings is 1. The number of likely N-dealkylation sites (tertiary alicyclic amines) is 1. The lowest BCUT2D eigenvalue weighted by molar-refractivity contribution is -0.131. The average Bonchev–Trinajstić information content (AvgIpc) is 2.73. The van der Waals surface area contributed by atoms with Gasteiger partial charge in [-0.05, 0) is 25.0 Å². The van der Waals surface area contributed by atoms with Crippen molar-refractivity contribution >= 4 is 11.7 Å². The zero-order chi connectivity index (χ0) is 18.6. The molecule has 27 heavy (non-hydrogen) atoms. The first-order valence-electron chi connectivity index (χ1n) is 9.70. The van der Waals surface area contributed by atoms with Gasteiger partial charge in [-0.2, -0.15) is 0 Å². The van der Waals surface area contributed by atoms with Gasteiger partial charge in [-0.15, -0.1) is 0 Å². The molecule has 4 rings (SSSR count). The third-order valence-corrected chi connectivity index (χ3v) is 5.38. The smallest absolute Gasteiger partial charge is 0.228 e. The number of hydrogen-bond donors (Lipinski definition) is 2. The fraction of sp³-hybridized carbons (Fsp3) is 0.500. The number of pyridine rings is 1. The van der Waals surface area contributed by atoms with Crippen molar-refractivity contribution in [3.8, 4) is 0 Å². The van der Waals surface area contributed by atoms with Crippen LogP contribution in [-0.4, -0.2) is 52.4 Å². The molecule has 1 saturated heterocycles. The summed E-state index contributed by atoms with van der Waals surface area (Å²) in [4.78, 5) is 28.6. The fourth-order valence-corrected chi connectivity index (χ4v) is 3.94. The Bertz CT molecular complexity index is 792. The SMILES string of the molecule is CNc1nc([C@H]2CCCN(C(=O)Cc3ccccn3)C2)nc2c1CNCC2. The second-order valence-corrected chi connectivity index (χ2v) is 7.21. The third-order valence-electron chi connectivity index (χ3n) is 5.38. The van der Waals surface area contributed by atoms with E-state index in [1.165, 1.54) is 5.56 Å². The molecule has 4 heterocycles. The molecule has 0 unspecified atom stereocenters. The highest BCUT2D eigenvalue weighted by molar-refractivity contribution is 5.78. The van der Waals surface area contributed by atoms with Crippen molar-refractivity contribution < 1.29 is 4.79 Å². The maximum absolute atomic E-state index is 12.7. The molecule has 0 spiro atoms. The van der Waals surface area contributed by atoms with Crippen LogP contribution in [0.4, 0.5) is 5.82 Å². The summed E-state index contributed by atoms with van der Waals surface area (Å²) in [6.07, 6.45) is 5.01. The summed E-state index contributed by atoms with van der Waals surface area (Å²) in [5.74, 6) is 2.11. The van der Waals surface area contributed by atoms with Crippen molar-refractivity contribution in [3.05, 3.63) is 47.2 Å². The first-order chi connectivity index (χ1) is 13.2. The molecule has 0 aromatic carbocycles. The zero-order valence-electron chi connectivity index (χ0n) is 15.7. The molecule has 1 atom stereocenters. The van der Waals surface area contributed by atoms with Crippen LogP contribution >= 0.6 is 0 Å². The van der Waals surface area contributed by atoms with Crippen LogP contribution in [0.5, 0.6) is 0 Å². The van der Waals surface area contributed by atoms with Gasteiger partial charge in [0.1, 0.15) is 11.6 Å². The Balaban J connectivity index is 1.50. The second kappa shape index (κ2) is 8.00. The highest BCUT2D eigenvalue weighted by Crippen LogP contribution is 2.28. The average molecular weight is 366 g/mol. The van der Waals surface area contributed by atoms with E-state index in [4.69, 9.17) is 9.97 Å². The zero-order valence-corrected chi connectivity index (χ0v) is 15.7. The van der Waals surface area contributed by atoms with Crippen LogP contribution in [0.15, 0.2) is 24.4 Å². The van der Waals surface area contributed by atoms with Crippen molar-refractivity contribution in [1.29, 1.82) is 0 Å². The van der Waals surface area contributed by atoms with Crippen LogP contribution in [0.2, 0.25) is 0 Å². The first-order valence-corrected chi connectivity index (χ1v) is 9.70. The fourth-order valence-electron chi connectivity index (χ4n) is 3.94. The van der Waals surface area contributed by atoms with Crippen LogP contribution in [0.3, 0.4) is 0 Å². The molecular weight excluding hydrogens is 340 g/mol. The van der Waals surface area contributed by atoms with Crippen LogP contribution < -0.4 is 10.6 Å². The minimum absolute atomic E-state index is 0.134. The van der Waals surface area contributed by atoms with Gasteiger partial charge >= 0.3 is 0 Å². The van der Waals surface area contributed by atoms with Gasteiger partial charge in [0.25, 0.3) is 0 Å². The summed E-state index contributed by atoms with van der Waals surface area (Å²) >= 11 is 0. The van der Waals surface area contributed by atoms with E-state index >= 15 is 0 Å². The number of carbonyl (C=O) groups excluding carboxylic acids is 1. The molecule has 2 aliphatic heterocycles. The maximum Gasteiger partial charge on any atom is 0.228 e. The van der Waals surface area contributed by atoms with Crippen LogP contribution in [0.1, 0.15) is 41.5 Å². The number of hydrogen-bond acceptors (Lipinski definition) is 6. The second-order valence-electron chi connectivity index (χ2n) is 7.21. The third kappa shape index (κ3) is 3.93. The number of rotatable bonds is 4. The number of amides is 1. The van der Waals surface area contributed by atoms with E-state index in [0.29, 0.717) is 13.0 Å². The van der Waals surface area contributed by atoms with Crippen molar-refractivity contribution in [2.24, 2.45) is 0 Å². The molecule has 0 aliphatic carbocycles. The molecule has 1 amide bonds. The van der Waals surface area contributed by atoms with Gasteiger partial charge in [-0.3, -0.25) is 9.78 Å². The molecule has 2 aromatic heterocycles. The van der Waals surface area contributed by atoms with E-state index in [9.17, 15) is 4.79 Å². The lowest BCUT2D eigenvalue weighted by Gasteiger charge is -2.33. The molecule has 2 N–H and O–H groups in total. The molecule has 7 heteroatoms. The minimum atomic E-state index is 0.134. The van der Waals surface area contributed by atoms with Gasteiger partial charge in [0.05, 0.1) is 12.1 Å². The largest absolute Gasteiger partial charge is 0.373 e. The van der Waals surface area contributed by atoms with Gasteiger partial charge in [-0.25, -0.2) is 9.97 Å². The summed E-state index contributed by atoms with van der Waals surface area (Å²) in [5, 5.41) is 6.60. The number of carbonyl (C=O) groups is 1. The summed E-state index contributed by atoms with van der Waals surface area (Å²) < 4.78 is 0. The molecule has 2 aromatic rings. The number of nitrogens with zero attached hydrogens (tertiary/aromatic N) is 4. The van der Waals surface area contributed by atoms with E-state index in [2.05, 4.69) is 15.6 Å². The molecule has 0 saturated carbocycles. The summed E-state index contributed by atoms with van der Waals surface area (Å²) in [5.41, 5.74) is 3.13. The van der Waals surface area contributed by atoms with Gasteiger partial charge in [-0.1, -0.05) is 6.07 Å². The van der Waals surface area contributed by atoms with E-state index in [1.54, 1.807) is 6.20 Å². The Morgan fingerprint density at radius 2 is 2.30 bits per heavy atom. The highest BCUT2D eigenvalue weighted by Gasteiger charge is 2.28. The predicted octanol–water partition coefficient (Wildman–Crippen LogP) is 1.51. The molecule has 2 aliphatic rings. The van der Waals surface area contributed by atoms with E-state index in [0.717, 1.165) is 61.9 Å². The molecule has 1 fully saturated rings. The molecular formula is C20H26N6O. The Hall–Kier alpha value is -2.54. The summed E-state index contributed by atoms with van der Waals surface area (Å²) in [6.45, 7) is 3.25. The van der Waals surface area contributed by atoms with Gasteiger partial charge in [0.2, 0.25) is 5.91 Å². The lowest BCUT2D eigenvalue weighted by Crippen LogP contribution is -2.40. The van der Waals surface area contributed by atoms with Crippen molar-refractivity contribution in [2.75, 3.05) is 32.0 Å². The maximum atomic E-state index is 12.7. The standard InChI is InChI=1S/C20H26N6O/c1-21-20-16-12-22-9-7-17(16)24-19(25-20)14-5-4-10-26(13-14)18(27)11-15-6-2-3-8-23-15/h2-3,6,8,14,22H,4-5,7,9-13H2,1H3,(H,21,24,25)/t14-/m0/s1. The predicted molar refractivity (Wildman–Crippen MR) is 103 cm³/mol. The topological polar surface area (TPSA) is 83.0 Å². The minimum Gasteiger partial charge on any atom is -0.373 e. The molecule has 7 nitrogen and oxygen atoms in total. The Morgan fingerprint density at radius 3 is 3.11 bits per heavy atom. The van der Waals surface area contributed by atoms with E-state index < -0.39 is 0 Å². The Kier molecular flexibility index (Phi) is 5.29. The Labute approximate surface area is 159 Å². The van der Waals surface area contributed by atoms with Crippen LogP contribution in [0.25, 0.3) is 0 Å². The van der Waals surface area contributed by atoms with Crippen molar-refractivity contribution in [1.82, 2.24) is 25.2 Å². The van der Waals surface area contributed by atoms with Gasteiger partial charge in [0, 0.05) is 63.0 Å². The van der Waals surface area contributed by atoms with E-state index in [-0.39, 0.29) is 11.8 Å². The van der Waals surface area contributed by atoms with Crippen LogP contribution in [-0.2, 0) is 24.2 Å². The lowest BCUT2D eigenvalue weighted by atomic mass is 9.96. The van der Waals surface area contributed by atoms with Crippen molar-refractivity contribution in [2.45, 2.75) is 38.1 Å². The van der Waals surface area contributed by atoms with Crippen LogP contribution in [0, 0.1) is 0 Å². The van der Waals surface area contributed by atoms with Gasteiger partial charge in [0.15, 0.2) is 0 Å². The van der Waals surface area contributed by atoms with E-state index in [1.807, 2.05) is 30.1 Å². The number of aromatic nitrogens is 3. The van der Waals surface area contributed by atoms with Gasteiger partial charge < -0.3 is 15.5 Å².